The van der Waals surface area contributed by atoms with E-state index < -0.39 is 124 Å². The molecule has 3 aliphatic rings. The van der Waals surface area contributed by atoms with Crippen LogP contribution in [0.25, 0.3) is 0 Å². The lowest BCUT2D eigenvalue weighted by molar-refractivity contribution is -0.379. The van der Waals surface area contributed by atoms with Gasteiger partial charge in [0.1, 0.15) is 73.2 Å². The number of amides is 1. The first-order valence-electron chi connectivity index (χ1n) is 42.0. The Labute approximate surface area is 634 Å². The maximum Gasteiger partial charge on any atom is 0.220 e. The van der Waals surface area contributed by atoms with Gasteiger partial charge in [0, 0.05) is 6.42 Å². The van der Waals surface area contributed by atoms with Gasteiger partial charge in [-0.05, 0) is 89.9 Å². The van der Waals surface area contributed by atoms with E-state index in [2.05, 4.69) is 104 Å². The molecule has 12 N–H and O–H groups in total. The lowest BCUT2D eigenvalue weighted by atomic mass is 9.96. The summed E-state index contributed by atoms with van der Waals surface area (Å²) >= 11 is 0. The maximum atomic E-state index is 13.5. The lowest BCUT2D eigenvalue weighted by Crippen LogP contribution is -2.66. The topological polar surface area (TPSA) is 307 Å². The number of hydrogen-bond acceptors (Lipinski definition) is 18. The number of rotatable bonds is 66. The van der Waals surface area contributed by atoms with Crippen LogP contribution in [0.15, 0.2) is 97.2 Å². The molecule has 3 aliphatic heterocycles. The Morgan fingerprint density at radius 3 is 1.07 bits per heavy atom. The molecule has 0 aliphatic carbocycles. The monoisotopic (exact) mass is 1490 g/mol. The molecule has 3 saturated heterocycles. The Hall–Kier alpha value is -3.29. The molecular formula is C86H151NO18. The Balaban J connectivity index is 1.36. The van der Waals surface area contributed by atoms with E-state index in [-0.39, 0.29) is 18.9 Å². The molecule has 1 amide bonds. The summed E-state index contributed by atoms with van der Waals surface area (Å²) in [5.74, 6) is -0.288. The molecule has 0 spiro atoms. The van der Waals surface area contributed by atoms with Crippen molar-refractivity contribution < 1.29 is 89.4 Å². The summed E-state index contributed by atoms with van der Waals surface area (Å²) < 4.78 is 34.4. The number of carbonyl (C=O) groups is 1. The van der Waals surface area contributed by atoms with Gasteiger partial charge in [0.05, 0.1) is 38.6 Å². The van der Waals surface area contributed by atoms with Gasteiger partial charge in [0.15, 0.2) is 18.9 Å². The molecule has 0 aromatic rings. The van der Waals surface area contributed by atoms with E-state index in [1.54, 1.807) is 6.08 Å². The lowest BCUT2D eigenvalue weighted by Gasteiger charge is -2.48. The van der Waals surface area contributed by atoms with Crippen molar-refractivity contribution in [2.75, 3.05) is 26.4 Å². The maximum absolute atomic E-state index is 13.5. The van der Waals surface area contributed by atoms with Crippen LogP contribution in [0.1, 0.15) is 309 Å². The first kappa shape index (κ1) is 95.9. The summed E-state index contributed by atoms with van der Waals surface area (Å²) in [6.07, 6.45) is 62.6. The van der Waals surface area contributed by atoms with E-state index in [9.17, 15) is 61.0 Å². The van der Waals surface area contributed by atoms with Crippen molar-refractivity contribution in [2.45, 2.75) is 413 Å². The summed E-state index contributed by atoms with van der Waals surface area (Å²) in [4.78, 5) is 13.5. The van der Waals surface area contributed by atoms with Gasteiger partial charge < -0.3 is 89.9 Å². The SMILES string of the molecule is CC/C=C\C/C=C\C/C=C\C/C=C\C/C=C\CCCCCCCCCCCCCCCCCCCCCC(=O)NC(COC1OC(CO)C(OC2OC(CO)C(OC3OC(CO)C(O)C(O)C3O)C(O)C2O)C(O)C1O)C(O)/C=C/CC/C=C/CC/C=C/CCCCCCCCCCCCCCCCC. The fraction of sp³-hybridized carbons (Fsp3) is 0.802. The third-order valence-electron chi connectivity index (χ3n) is 20.3. The number of aliphatic hydroxyl groups excluding tert-OH is 11. The zero-order chi connectivity index (χ0) is 76.0. The highest BCUT2D eigenvalue weighted by atomic mass is 16.8. The van der Waals surface area contributed by atoms with Crippen LogP contribution in [0.2, 0.25) is 0 Å². The predicted octanol–water partition coefficient (Wildman–Crippen LogP) is 14.7. The number of hydrogen-bond donors (Lipinski definition) is 12. The van der Waals surface area contributed by atoms with E-state index in [4.69, 9.17) is 28.4 Å². The normalized spacial score (nSPS) is 26.3. The van der Waals surface area contributed by atoms with Crippen LogP contribution >= 0.6 is 0 Å². The second kappa shape index (κ2) is 65.4. The van der Waals surface area contributed by atoms with Crippen LogP contribution in [0.5, 0.6) is 0 Å². The van der Waals surface area contributed by atoms with Crippen LogP contribution in [-0.2, 0) is 33.2 Å². The summed E-state index contributed by atoms with van der Waals surface area (Å²) in [5, 5.41) is 121. The van der Waals surface area contributed by atoms with Crippen molar-refractivity contribution in [2.24, 2.45) is 0 Å². The molecule has 3 rings (SSSR count). The summed E-state index contributed by atoms with van der Waals surface area (Å²) in [6.45, 7) is 1.63. The fourth-order valence-corrected chi connectivity index (χ4v) is 13.7. The van der Waals surface area contributed by atoms with Gasteiger partial charge in [-0.3, -0.25) is 4.79 Å². The number of unbranched alkanes of at least 4 members (excludes halogenated alkanes) is 36. The van der Waals surface area contributed by atoms with Crippen molar-refractivity contribution in [1.82, 2.24) is 5.32 Å². The molecule has 0 bridgehead atoms. The molecule has 3 heterocycles. The van der Waals surface area contributed by atoms with Gasteiger partial charge in [0.25, 0.3) is 0 Å². The highest BCUT2D eigenvalue weighted by Crippen LogP contribution is 2.33. The first-order valence-corrected chi connectivity index (χ1v) is 42.0. The van der Waals surface area contributed by atoms with Crippen molar-refractivity contribution >= 4 is 5.91 Å². The summed E-state index contributed by atoms with van der Waals surface area (Å²) in [7, 11) is 0. The predicted molar refractivity (Wildman–Crippen MR) is 420 cm³/mol. The minimum absolute atomic E-state index is 0.230. The third kappa shape index (κ3) is 45.0. The van der Waals surface area contributed by atoms with Gasteiger partial charge >= 0.3 is 0 Å². The summed E-state index contributed by atoms with van der Waals surface area (Å²) in [5.41, 5.74) is 0. The van der Waals surface area contributed by atoms with Gasteiger partial charge in [-0.25, -0.2) is 0 Å². The zero-order valence-electron chi connectivity index (χ0n) is 65.2. The van der Waals surface area contributed by atoms with Crippen molar-refractivity contribution in [3.05, 3.63) is 97.2 Å². The molecule has 105 heavy (non-hydrogen) atoms. The van der Waals surface area contributed by atoms with Gasteiger partial charge in [-0.15, -0.1) is 0 Å². The molecule has 0 aromatic heterocycles. The zero-order valence-corrected chi connectivity index (χ0v) is 65.2. The second-order valence-corrected chi connectivity index (χ2v) is 29.5. The Morgan fingerprint density at radius 1 is 0.352 bits per heavy atom. The minimum atomic E-state index is -1.99. The Kier molecular flexibility index (Phi) is 59.8. The average molecular weight is 1490 g/mol. The molecule has 19 nitrogen and oxygen atoms in total. The number of nitrogens with one attached hydrogen (secondary N) is 1. The molecule has 0 aromatic carbocycles. The third-order valence-corrected chi connectivity index (χ3v) is 20.3. The average Bonchev–Trinajstić information content (AvgIpc) is 0.781. The van der Waals surface area contributed by atoms with E-state index in [0.29, 0.717) is 12.8 Å². The van der Waals surface area contributed by atoms with E-state index in [1.165, 1.54) is 199 Å². The summed E-state index contributed by atoms with van der Waals surface area (Å²) in [6, 6.07) is -1.00. The first-order chi connectivity index (χ1) is 51.3. The van der Waals surface area contributed by atoms with Crippen LogP contribution in [0.4, 0.5) is 0 Å². The van der Waals surface area contributed by atoms with E-state index >= 15 is 0 Å². The van der Waals surface area contributed by atoms with Crippen LogP contribution < -0.4 is 5.32 Å². The smallest absolute Gasteiger partial charge is 0.220 e. The van der Waals surface area contributed by atoms with Crippen LogP contribution in [0.3, 0.4) is 0 Å². The molecule has 17 atom stereocenters. The molecule has 0 radical (unpaired) electrons. The molecule has 608 valence electrons. The molecule has 0 saturated carbocycles. The van der Waals surface area contributed by atoms with Crippen molar-refractivity contribution in [3.63, 3.8) is 0 Å². The molecular weight excluding hydrogens is 1330 g/mol. The van der Waals surface area contributed by atoms with Crippen LogP contribution in [0, 0.1) is 0 Å². The Bertz CT molecular complexity index is 2270. The molecule has 3 fully saturated rings. The minimum Gasteiger partial charge on any atom is -0.394 e. The Morgan fingerprint density at radius 2 is 0.667 bits per heavy atom. The van der Waals surface area contributed by atoms with Gasteiger partial charge in [-0.2, -0.15) is 0 Å². The number of carbonyl (C=O) groups excluding carboxylic acids is 1. The van der Waals surface area contributed by atoms with E-state index in [0.717, 1.165) is 77.0 Å². The molecule has 17 unspecified atom stereocenters. The number of allylic oxidation sites excluding steroid dienone is 15. The fourth-order valence-electron chi connectivity index (χ4n) is 13.7. The van der Waals surface area contributed by atoms with E-state index in [1.807, 2.05) is 6.08 Å². The van der Waals surface area contributed by atoms with Crippen molar-refractivity contribution in [1.29, 1.82) is 0 Å². The highest BCUT2D eigenvalue weighted by Gasteiger charge is 2.54. The highest BCUT2D eigenvalue weighted by molar-refractivity contribution is 5.76. The standard InChI is InChI=1S/C86H151NO18/c1-3-5-7-9-11-13-15-17-19-21-23-25-27-29-30-31-32-33-34-35-36-37-38-40-42-44-46-48-50-52-54-56-58-60-62-64-74(92)87-69(70(91)63-61-59-57-55-53-51-49-47-45-43-41-39-28-26-24-22-20-18-16-14-12-10-8-6-4-2)68-100-84-80(98)77(95)82(72(66-89)102-84)105-86-81(99)78(96)83(73(67-90)103-86)104-85-79(97)76(94)75(93)71(65-88)101-85/h5,7,11,13,17,19,23,25,29-30,45,47,53,55,61,63,69-73,75-86,88-91,93-99H,3-4,6,8-10,12,14-16,18,20-22,24,26-28,31-44,46,48-52,54,56-60,62,64-68H2,1-2H3,(H,87,92)/b7-5-,13-11-,19-17-,25-23-,30-29-,47-45+,55-53+,63-61+. The quantitative estimate of drug-likeness (QED) is 0.0199. The largest absolute Gasteiger partial charge is 0.394 e. The molecule has 19 heteroatoms. The van der Waals surface area contributed by atoms with Gasteiger partial charge in [0.2, 0.25) is 5.91 Å². The van der Waals surface area contributed by atoms with Crippen LogP contribution in [-0.4, -0.2) is 193 Å². The number of aliphatic hydroxyl groups is 11. The second-order valence-electron chi connectivity index (χ2n) is 29.5. The van der Waals surface area contributed by atoms with Crippen molar-refractivity contribution in [3.8, 4) is 0 Å². The van der Waals surface area contributed by atoms with Gasteiger partial charge in [-0.1, -0.05) is 310 Å². The number of ether oxygens (including phenoxy) is 6.